The van der Waals surface area contributed by atoms with Crippen LogP contribution in [0.3, 0.4) is 0 Å². The molecule has 21 heavy (non-hydrogen) atoms. The molecule has 0 atom stereocenters. The van der Waals surface area contributed by atoms with Crippen molar-refractivity contribution in [3.63, 3.8) is 0 Å². The third kappa shape index (κ3) is 5.21. The van der Waals surface area contributed by atoms with E-state index in [-0.39, 0.29) is 5.97 Å². The van der Waals surface area contributed by atoms with Crippen molar-refractivity contribution in [3.8, 4) is 0 Å². The zero-order valence-corrected chi connectivity index (χ0v) is 12.8. The van der Waals surface area contributed by atoms with Crippen LogP contribution in [-0.2, 0) is 9.53 Å². The molecule has 1 aliphatic carbocycles. The van der Waals surface area contributed by atoms with Gasteiger partial charge in [-0.25, -0.2) is 9.97 Å². The second kappa shape index (κ2) is 7.81. The lowest BCUT2D eigenvalue weighted by molar-refractivity contribution is -0.142. The molecule has 1 saturated carbocycles. The Hall–Kier alpha value is -1.85. The first kappa shape index (κ1) is 15.5. The van der Waals surface area contributed by atoms with E-state index >= 15 is 0 Å². The number of rotatable bonds is 9. The van der Waals surface area contributed by atoms with E-state index in [0.29, 0.717) is 25.5 Å². The first-order valence-electron chi connectivity index (χ1n) is 7.75. The topological polar surface area (TPSA) is 76.1 Å². The van der Waals surface area contributed by atoms with Gasteiger partial charge in [-0.2, -0.15) is 0 Å². The van der Waals surface area contributed by atoms with Gasteiger partial charge in [0.25, 0.3) is 0 Å². The lowest BCUT2D eigenvalue weighted by Crippen LogP contribution is -2.13. The van der Waals surface area contributed by atoms with Crippen LogP contribution in [0.5, 0.6) is 0 Å². The molecule has 6 nitrogen and oxygen atoms in total. The number of hydrogen-bond donors (Lipinski definition) is 2. The Labute approximate surface area is 125 Å². The highest BCUT2D eigenvalue weighted by molar-refractivity contribution is 5.70. The number of esters is 1. The first-order valence-corrected chi connectivity index (χ1v) is 7.75. The molecular formula is C15H24N4O2. The minimum Gasteiger partial charge on any atom is -0.466 e. The van der Waals surface area contributed by atoms with Gasteiger partial charge in [0.1, 0.15) is 17.5 Å². The largest absolute Gasteiger partial charge is 0.466 e. The molecule has 0 unspecified atom stereocenters. The van der Waals surface area contributed by atoms with E-state index in [4.69, 9.17) is 4.74 Å². The standard InChI is InChI=1S/C15H24N4O2/c1-3-8-16-12-10-13(17-9-7-14(20)21-4-2)19-15(18-12)11-5-6-11/h10-11H,3-9H2,1-2H3,(H2,16,17,18,19). The van der Waals surface area contributed by atoms with E-state index in [1.807, 2.05) is 13.0 Å². The first-order chi connectivity index (χ1) is 10.2. The van der Waals surface area contributed by atoms with Crippen molar-refractivity contribution in [1.82, 2.24) is 9.97 Å². The molecular weight excluding hydrogens is 268 g/mol. The third-order valence-electron chi connectivity index (χ3n) is 3.18. The third-order valence-corrected chi connectivity index (χ3v) is 3.18. The van der Waals surface area contributed by atoms with Crippen molar-refractivity contribution < 1.29 is 9.53 Å². The molecule has 1 heterocycles. The van der Waals surface area contributed by atoms with E-state index in [2.05, 4.69) is 27.5 Å². The average molecular weight is 292 g/mol. The zero-order chi connectivity index (χ0) is 15.1. The van der Waals surface area contributed by atoms with Crippen LogP contribution in [0.15, 0.2) is 6.07 Å². The molecule has 1 aromatic heterocycles. The lowest BCUT2D eigenvalue weighted by atomic mass is 10.3. The van der Waals surface area contributed by atoms with Gasteiger partial charge in [0.05, 0.1) is 13.0 Å². The van der Waals surface area contributed by atoms with E-state index in [0.717, 1.165) is 30.4 Å². The molecule has 1 aromatic rings. The zero-order valence-electron chi connectivity index (χ0n) is 12.8. The van der Waals surface area contributed by atoms with E-state index in [1.54, 1.807) is 0 Å². The fourth-order valence-electron chi connectivity index (χ4n) is 1.95. The molecule has 6 heteroatoms. The van der Waals surface area contributed by atoms with Gasteiger partial charge in [-0.05, 0) is 26.2 Å². The van der Waals surface area contributed by atoms with Crippen LogP contribution in [0.1, 0.15) is 51.3 Å². The summed E-state index contributed by atoms with van der Waals surface area (Å²) >= 11 is 0. The molecule has 2 N–H and O–H groups in total. The maximum atomic E-state index is 11.3. The minimum atomic E-state index is -0.189. The normalized spacial score (nSPS) is 13.8. The highest BCUT2D eigenvalue weighted by atomic mass is 16.5. The molecule has 0 aliphatic heterocycles. The molecule has 1 aliphatic rings. The van der Waals surface area contributed by atoms with Gasteiger partial charge in [-0.15, -0.1) is 0 Å². The summed E-state index contributed by atoms with van der Waals surface area (Å²) in [6.45, 7) is 5.76. The number of aromatic nitrogens is 2. The van der Waals surface area contributed by atoms with Crippen molar-refractivity contribution in [2.24, 2.45) is 0 Å². The van der Waals surface area contributed by atoms with Crippen LogP contribution >= 0.6 is 0 Å². The Kier molecular flexibility index (Phi) is 5.78. The molecule has 0 spiro atoms. The second-order valence-corrected chi connectivity index (χ2v) is 5.18. The molecule has 2 rings (SSSR count). The quantitative estimate of drug-likeness (QED) is 0.681. The van der Waals surface area contributed by atoms with Crippen molar-refractivity contribution in [2.45, 2.75) is 45.4 Å². The van der Waals surface area contributed by atoms with Gasteiger partial charge >= 0.3 is 5.97 Å². The van der Waals surface area contributed by atoms with Gasteiger partial charge in [0.15, 0.2) is 0 Å². The second-order valence-electron chi connectivity index (χ2n) is 5.18. The van der Waals surface area contributed by atoms with Gasteiger partial charge in [-0.1, -0.05) is 6.92 Å². The number of anilines is 2. The van der Waals surface area contributed by atoms with Crippen LogP contribution in [0.2, 0.25) is 0 Å². The summed E-state index contributed by atoms with van der Waals surface area (Å²) in [7, 11) is 0. The number of carbonyl (C=O) groups excluding carboxylic acids is 1. The number of ether oxygens (including phenoxy) is 1. The van der Waals surface area contributed by atoms with Crippen LogP contribution in [0.4, 0.5) is 11.6 Å². The van der Waals surface area contributed by atoms with Crippen LogP contribution in [0.25, 0.3) is 0 Å². The smallest absolute Gasteiger partial charge is 0.307 e. The predicted octanol–water partition coefficient (Wildman–Crippen LogP) is 2.54. The fraction of sp³-hybridized carbons (Fsp3) is 0.667. The molecule has 1 fully saturated rings. The number of hydrogen-bond acceptors (Lipinski definition) is 6. The van der Waals surface area contributed by atoms with Crippen LogP contribution < -0.4 is 10.6 Å². The lowest BCUT2D eigenvalue weighted by Gasteiger charge is -2.10. The maximum Gasteiger partial charge on any atom is 0.307 e. The summed E-state index contributed by atoms with van der Waals surface area (Å²) in [5.41, 5.74) is 0. The molecule has 0 saturated heterocycles. The average Bonchev–Trinajstić information content (AvgIpc) is 3.30. The van der Waals surface area contributed by atoms with Crippen molar-refractivity contribution in [3.05, 3.63) is 11.9 Å². The summed E-state index contributed by atoms with van der Waals surface area (Å²) in [6.07, 6.45) is 3.72. The maximum absolute atomic E-state index is 11.3. The van der Waals surface area contributed by atoms with Gasteiger partial charge in [-0.3, -0.25) is 4.79 Å². The molecule has 0 aromatic carbocycles. The monoisotopic (exact) mass is 292 g/mol. The summed E-state index contributed by atoms with van der Waals surface area (Å²) in [5.74, 6) is 2.83. The summed E-state index contributed by atoms with van der Waals surface area (Å²) in [5, 5.41) is 6.48. The molecule has 0 radical (unpaired) electrons. The summed E-state index contributed by atoms with van der Waals surface area (Å²) < 4.78 is 4.90. The van der Waals surface area contributed by atoms with Crippen molar-refractivity contribution >= 4 is 17.6 Å². The highest BCUT2D eigenvalue weighted by Gasteiger charge is 2.27. The van der Waals surface area contributed by atoms with E-state index in [1.165, 1.54) is 12.8 Å². The van der Waals surface area contributed by atoms with Crippen molar-refractivity contribution in [2.75, 3.05) is 30.3 Å². The van der Waals surface area contributed by atoms with Gasteiger partial charge in [0, 0.05) is 25.1 Å². The Morgan fingerprint density at radius 1 is 1.24 bits per heavy atom. The molecule has 116 valence electrons. The van der Waals surface area contributed by atoms with Crippen LogP contribution in [-0.4, -0.2) is 35.6 Å². The van der Waals surface area contributed by atoms with Crippen molar-refractivity contribution in [1.29, 1.82) is 0 Å². The predicted molar refractivity (Wildman–Crippen MR) is 82.5 cm³/mol. The number of nitrogens with zero attached hydrogens (tertiary/aromatic N) is 2. The van der Waals surface area contributed by atoms with E-state index in [9.17, 15) is 4.79 Å². The molecule has 0 amide bonds. The van der Waals surface area contributed by atoms with Gasteiger partial charge in [0.2, 0.25) is 0 Å². The summed E-state index contributed by atoms with van der Waals surface area (Å²) in [6, 6.07) is 1.90. The highest BCUT2D eigenvalue weighted by Crippen LogP contribution is 2.38. The Bertz CT molecular complexity index is 475. The summed E-state index contributed by atoms with van der Waals surface area (Å²) in [4.78, 5) is 20.4. The fourth-order valence-corrected chi connectivity index (χ4v) is 1.95. The Morgan fingerprint density at radius 3 is 2.48 bits per heavy atom. The van der Waals surface area contributed by atoms with Crippen LogP contribution in [0, 0.1) is 0 Å². The Morgan fingerprint density at radius 2 is 1.90 bits per heavy atom. The minimum absolute atomic E-state index is 0.189. The Balaban J connectivity index is 1.93. The van der Waals surface area contributed by atoms with E-state index < -0.39 is 0 Å². The number of carbonyl (C=O) groups is 1. The van der Waals surface area contributed by atoms with Gasteiger partial charge < -0.3 is 15.4 Å². The SMILES string of the molecule is CCCNc1cc(NCCC(=O)OCC)nc(C2CC2)n1. The number of nitrogens with one attached hydrogen (secondary N) is 2. The molecule has 0 bridgehead atoms.